The van der Waals surface area contributed by atoms with Gasteiger partial charge in [0.2, 0.25) is 0 Å². The van der Waals surface area contributed by atoms with E-state index in [-0.39, 0.29) is 12.4 Å². The van der Waals surface area contributed by atoms with Gasteiger partial charge in [-0.25, -0.2) is 0 Å². The molecule has 76 valence electrons. The van der Waals surface area contributed by atoms with Crippen LogP contribution in [-0.2, 0) is 9.53 Å². The Kier molecular flexibility index (Phi) is 4.39. The molecule has 1 aliphatic heterocycles. The molecule has 1 atom stereocenters. The zero-order valence-corrected chi connectivity index (χ0v) is 8.58. The minimum atomic E-state index is 0.110. The minimum absolute atomic E-state index is 0.110. The molecule has 1 saturated heterocycles. The van der Waals surface area contributed by atoms with Gasteiger partial charge in [0, 0.05) is 6.04 Å². The summed E-state index contributed by atoms with van der Waals surface area (Å²) in [6, 6.07) is 0.521. The Bertz CT molecular complexity index is 170. The molecule has 0 aliphatic carbocycles. The summed E-state index contributed by atoms with van der Waals surface area (Å²) in [7, 11) is 2.13. The first-order valence-electron chi connectivity index (χ1n) is 4.97. The van der Waals surface area contributed by atoms with Gasteiger partial charge < -0.3 is 9.64 Å². The van der Waals surface area contributed by atoms with E-state index in [2.05, 4.69) is 11.9 Å². The van der Waals surface area contributed by atoms with E-state index < -0.39 is 0 Å². The smallest absolute Gasteiger partial charge is 0.155 e. The molecule has 1 fully saturated rings. The van der Waals surface area contributed by atoms with Gasteiger partial charge in [-0.05, 0) is 33.4 Å². The lowest BCUT2D eigenvalue weighted by molar-refractivity contribution is -0.122. The number of Topliss-reactive ketones (excluding diaryl/α,β-unsaturated/α-hetero) is 1. The Morgan fingerprint density at radius 1 is 1.54 bits per heavy atom. The molecule has 0 aromatic heterocycles. The van der Waals surface area contributed by atoms with Crippen molar-refractivity contribution >= 4 is 5.78 Å². The maximum absolute atomic E-state index is 10.6. The number of nitrogens with zero attached hydrogens (tertiary/aromatic N) is 1. The van der Waals surface area contributed by atoms with Crippen LogP contribution in [0.3, 0.4) is 0 Å². The Hall–Kier alpha value is -0.410. The lowest BCUT2D eigenvalue weighted by Gasteiger charge is -2.31. The Balaban J connectivity index is 2.15. The van der Waals surface area contributed by atoms with Crippen LogP contribution in [0.2, 0.25) is 0 Å². The van der Waals surface area contributed by atoms with Gasteiger partial charge in [-0.2, -0.15) is 0 Å². The SMILES string of the molecule is CC(=O)COCC1CCCCN1C. The van der Waals surface area contributed by atoms with E-state index in [0.29, 0.717) is 12.6 Å². The van der Waals surface area contributed by atoms with Crippen molar-refractivity contribution in [2.24, 2.45) is 0 Å². The zero-order chi connectivity index (χ0) is 9.68. The van der Waals surface area contributed by atoms with Crippen molar-refractivity contribution in [2.75, 3.05) is 26.8 Å². The summed E-state index contributed by atoms with van der Waals surface area (Å²) in [5, 5.41) is 0. The molecule has 0 radical (unpaired) electrons. The average molecular weight is 185 g/mol. The van der Waals surface area contributed by atoms with Crippen LogP contribution < -0.4 is 0 Å². The monoisotopic (exact) mass is 185 g/mol. The van der Waals surface area contributed by atoms with Crippen LogP contribution >= 0.6 is 0 Å². The highest BCUT2D eigenvalue weighted by molar-refractivity contribution is 5.76. The topological polar surface area (TPSA) is 29.5 Å². The summed E-state index contributed by atoms with van der Waals surface area (Å²) >= 11 is 0. The normalized spacial score (nSPS) is 24.6. The van der Waals surface area contributed by atoms with Gasteiger partial charge in [-0.1, -0.05) is 6.42 Å². The summed E-state index contributed by atoms with van der Waals surface area (Å²) in [4.78, 5) is 13.0. The molecule has 1 unspecified atom stereocenters. The van der Waals surface area contributed by atoms with E-state index in [1.807, 2.05) is 0 Å². The van der Waals surface area contributed by atoms with Crippen LogP contribution in [0.25, 0.3) is 0 Å². The molecule has 3 nitrogen and oxygen atoms in total. The highest BCUT2D eigenvalue weighted by Crippen LogP contribution is 2.14. The number of piperidine rings is 1. The van der Waals surface area contributed by atoms with Crippen LogP contribution in [-0.4, -0.2) is 43.5 Å². The molecule has 0 bridgehead atoms. The number of hydrogen-bond donors (Lipinski definition) is 0. The van der Waals surface area contributed by atoms with Gasteiger partial charge in [0.15, 0.2) is 5.78 Å². The fourth-order valence-electron chi connectivity index (χ4n) is 1.69. The van der Waals surface area contributed by atoms with Crippen LogP contribution in [0.4, 0.5) is 0 Å². The van der Waals surface area contributed by atoms with Crippen LogP contribution in [0.1, 0.15) is 26.2 Å². The zero-order valence-electron chi connectivity index (χ0n) is 8.58. The highest BCUT2D eigenvalue weighted by atomic mass is 16.5. The predicted octanol–water partition coefficient (Wildman–Crippen LogP) is 1.08. The standard InChI is InChI=1S/C10H19NO2/c1-9(12)7-13-8-10-5-3-4-6-11(10)2/h10H,3-8H2,1-2H3. The van der Waals surface area contributed by atoms with Gasteiger partial charge in [-0.15, -0.1) is 0 Å². The number of rotatable bonds is 4. The molecule has 0 amide bonds. The maximum Gasteiger partial charge on any atom is 0.155 e. The second-order valence-electron chi connectivity index (χ2n) is 3.85. The second kappa shape index (κ2) is 5.35. The van der Waals surface area contributed by atoms with Crippen molar-refractivity contribution in [2.45, 2.75) is 32.2 Å². The molecular formula is C10H19NO2. The third kappa shape index (κ3) is 3.87. The van der Waals surface area contributed by atoms with Crippen LogP contribution in [0.5, 0.6) is 0 Å². The largest absolute Gasteiger partial charge is 0.372 e. The lowest BCUT2D eigenvalue weighted by atomic mass is 10.0. The van der Waals surface area contributed by atoms with E-state index in [0.717, 1.165) is 6.54 Å². The number of carbonyl (C=O) groups is 1. The molecule has 1 rings (SSSR count). The van der Waals surface area contributed by atoms with Crippen LogP contribution in [0, 0.1) is 0 Å². The van der Waals surface area contributed by atoms with Crippen LogP contribution in [0.15, 0.2) is 0 Å². The van der Waals surface area contributed by atoms with Crippen molar-refractivity contribution in [3.63, 3.8) is 0 Å². The minimum Gasteiger partial charge on any atom is -0.372 e. The molecule has 1 aliphatic rings. The molecule has 0 saturated carbocycles. The fourth-order valence-corrected chi connectivity index (χ4v) is 1.69. The number of likely N-dealkylation sites (tertiary alicyclic amines) is 1. The molecule has 13 heavy (non-hydrogen) atoms. The van der Waals surface area contributed by atoms with Gasteiger partial charge in [0.05, 0.1) is 6.61 Å². The summed E-state index contributed by atoms with van der Waals surface area (Å²) < 4.78 is 5.31. The second-order valence-corrected chi connectivity index (χ2v) is 3.85. The van der Waals surface area contributed by atoms with Crippen molar-refractivity contribution in [3.8, 4) is 0 Å². The Labute approximate surface area is 80.1 Å². The van der Waals surface area contributed by atoms with Gasteiger partial charge >= 0.3 is 0 Å². The Morgan fingerprint density at radius 3 is 2.92 bits per heavy atom. The summed E-state index contributed by atoms with van der Waals surface area (Å²) in [5.74, 6) is 0.110. The van der Waals surface area contributed by atoms with E-state index in [1.165, 1.54) is 19.3 Å². The highest BCUT2D eigenvalue weighted by Gasteiger charge is 2.18. The maximum atomic E-state index is 10.6. The molecule has 0 spiro atoms. The number of carbonyl (C=O) groups excluding carboxylic acids is 1. The van der Waals surface area contributed by atoms with Crippen molar-refractivity contribution in [3.05, 3.63) is 0 Å². The van der Waals surface area contributed by atoms with Crippen molar-refractivity contribution in [1.29, 1.82) is 0 Å². The number of hydrogen-bond acceptors (Lipinski definition) is 3. The molecule has 1 heterocycles. The van der Waals surface area contributed by atoms with Gasteiger partial charge in [0.1, 0.15) is 6.61 Å². The van der Waals surface area contributed by atoms with E-state index in [1.54, 1.807) is 6.92 Å². The molecular weight excluding hydrogens is 166 g/mol. The first-order chi connectivity index (χ1) is 6.20. The molecule has 3 heteroatoms. The predicted molar refractivity (Wildman–Crippen MR) is 51.8 cm³/mol. The summed E-state index contributed by atoms with van der Waals surface area (Å²) in [5.41, 5.74) is 0. The lowest BCUT2D eigenvalue weighted by Crippen LogP contribution is -2.39. The summed E-state index contributed by atoms with van der Waals surface area (Å²) in [6.45, 7) is 3.69. The third-order valence-electron chi connectivity index (χ3n) is 2.54. The number of ether oxygens (including phenoxy) is 1. The molecule has 0 aromatic rings. The quantitative estimate of drug-likeness (QED) is 0.656. The Morgan fingerprint density at radius 2 is 2.31 bits per heavy atom. The van der Waals surface area contributed by atoms with Gasteiger partial charge in [0.25, 0.3) is 0 Å². The van der Waals surface area contributed by atoms with Crippen molar-refractivity contribution < 1.29 is 9.53 Å². The summed E-state index contributed by atoms with van der Waals surface area (Å²) in [6.07, 6.45) is 3.78. The van der Waals surface area contributed by atoms with E-state index in [4.69, 9.17) is 4.74 Å². The third-order valence-corrected chi connectivity index (χ3v) is 2.54. The molecule has 0 aromatic carbocycles. The first-order valence-corrected chi connectivity index (χ1v) is 4.97. The average Bonchev–Trinajstić information content (AvgIpc) is 2.08. The first kappa shape index (κ1) is 10.7. The van der Waals surface area contributed by atoms with E-state index >= 15 is 0 Å². The number of ketones is 1. The van der Waals surface area contributed by atoms with Crippen molar-refractivity contribution in [1.82, 2.24) is 4.90 Å². The van der Waals surface area contributed by atoms with E-state index in [9.17, 15) is 4.79 Å². The number of likely N-dealkylation sites (N-methyl/N-ethyl adjacent to an activating group) is 1. The molecule has 0 N–H and O–H groups in total. The fraction of sp³-hybridized carbons (Fsp3) is 0.900. The van der Waals surface area contributed by atoms with Gasteiger partial charge in [-0.3, -0.25) is 4.79 Å².